The Morgan fingerprint density at radius 3 is 3.00 bits per heavy atom. The van der Waals surface area contributed by atoms with Crippen LogP contribution in [0, 0.1) is 5.92 Å². The summed E-state index contributed by atoms with van der Waals surface area (Å²) in [6.07, 6.45) is 5.60. The monoisotopic (exact) mass is 228 g/mol. The van der Waals surface area contributed by atoms with Gasteiger partial charge in [-0.25, -0.2) is 9.97 Å². The van der Waals surface area contributed by atoms with Crippen molar-refractivity contribution in [1.82, 2.24) is 9.97 Å². The number of hydrogen-bond donors (Lipinski definition) is 2. The molecule has 0 atom stereocenters. The van der Waals surface area contributed by atoms with Gasteiger partial charge in [-0.3, -0.25) is 0 Å². The fraction of sp³-hybridized carbons (Fsp3) is 0.385. The molecule has 2 aromatic rings. The Morgan fingerprint density at radius 2 is 2.18 bits per heavy atom. The Labute approximate surface area is 100 Å². The standard InChI is InChI=1S/C13H16N4/c14-10-3-4-12-11(7-10)13(17-8-16-12)15-6-5-9-1-2-9/h3-4,7-9H,1-2,5-6,14H2,(H,15,16,17). The number of hydrogen-bond acceptors (Lipinski definition) is 4. The Balaban J connectivity index is 1.83. The Bertz CT molecular complexity index is 534. The third kappa shape index (κ3) is 2.30. The predicted molar refractivity (Wildman–Crippen MR) is 69.8 cm³/mol. The Kier molecular flexibility index (Phi) is 2.55. The lowest BCUT2D eigenvalue weighted by Gasteiger charge is -2.08. The lowest BCUT2D eigenvalue weighted by Crippen LogP contribution is -2.05. The van der Waals surface area contributed by atoms with E-state index in [2.05, 4.69) is 15.3 Å². The maximum absolute atomic E-state index is 5.80. The first-order valence-corrected chi connectivity index (χ1v) is 6.07. The minimum absolute atomic E-state index is 0.748. The van der Waals surface area contributed by atoms with E-state index < -0.39 is 0 Å². The summed E-state index contributed by atoms with van der Waals surface area (Å²) in [5, 5.41) is 4.38. The Hall–Kier alpha value is -1.84. The number of anilines is 2. The first-order chi connectivity index (χ1) is 8.33. The quantitative estimate of drug-likeness (QED) is 0.789. The molecule has 0 bridgehead atoms. The van der Waals surface area contributed by atoms with Crippen molar-refractivity contribution in [3.05, 3.63) is 24.5 Å². The largest absolute Gasteiger partial charge is 0.399 e. The molecule has 1 aromatic carbocycles. The van der Waals surface area contributed by atoms with E-state index in [4.69, 9.17) is 5.73 Å². The normalized spacial score (nSPS) is 15.1. The average molecular weight is 228 g/mol. The maximum Gasteiger partial charge on any atom is 0.137 e. The van der Waals surface area contributed by atoms with E-state index in [1.54, 1.807) is 6.33 Å². The molecule has 1 aliphatic carbocycles. The van der Waals surface area contributed by atoms with Crippen LogP contribution >= 0.6 is 0 Å². The van der Waals surface area contributed by atoms with Crippen molar-refractivity contribution in [2.45, 2.75) is 19.3 Å². The predicted octanol–water partition coefficient (Wildman–Crippen LogP) is 2.42. The van der Waals surface area contributed by atoms with Crippen LogP contribution in [0.4, 0.5) is 11.5 Å². The molecule has 3 rings (SSSR count). The molecule has 4 nitrogen and oxygen atoms in total. The Morgan fingerprint density at radius 1 is 1.29 bits per heavy atom. The minimum atomic E-state index is 0.748. The van der Waals surface area contributed by atoms with Gasteiger partial charge in [-0.15, -0.1) is 0 Å². The fourth-order valence-corrected chi connectivity index (χ4v) is 2.02. The van der Waals surface area contributed by atoms with Crippen LogP contribution in [0.1, 0.15) is 19.3 Å². The number of nitrogen functional groups attached to an aromatic ring is 1. The smallest absolute Gasteiger partial charge is 0.137 e. The van der Waals surface area contributed by atoms with Gasteiger partial charge >= 0.3 is 0 Å². The van der Waals surface area contributed by atoms with Gasteiger partial charge < -0.3 is 11.1 Å². The van der Waals surface area contributed by atoms with Crippen molar-refractivity contribution in [3.63, 3.8) is 0 Å². The molecule has 1 heterocycles. The third-order valence-electron chi connectivity index (χ3n) is 3.20. The molecule has 0 aliphatic heterocycles. The van der Waals surface area contributed by atoms with Crippen LogP contribution in [0.2, 0.25) is 0 Å². The number of fused-ring (bicyclic) bond motifs is 1. The maximum atomic E-state index is 5.80. The second-order valence-electron chi connectivity index (χ2n) is 4.66. The van der Waals surface area contributed by atoms with Crippen LogP contribution in [0.5, 0.6) is 0 Å². The molecule has 0 saturated heterocycles. The molecule has 0 spiro atoms. The van der Waals surface area contributed by atoms with Gasteiger partial charge in [0.05, 0.1) is 5.52 Å². The van der Waals surface area contributed by atoms with Crippen molar-refractivity contribution in [2.24, 2.45) is 5.92 Å². The SMILES string of the molecule is Nc1ccc2ncnc(NCCC3CC3)c2c1. The summed E-state index contributed by atoms with van der Waals surface area (Å²) >= 11 is 0. The van der Waals surface area contributed by atoms with E-state index in [0.717, 1.165) is 34.9 Å². The highest BCUT2D eigenvalue weighted by atomic mass is 15.0. The topological polar surface area (TPSA) is 63.8 Å². The van der Waals surface area contributed by atoms with Gasteiger partial charge in [-0.2, -0.15) is 0 Å². The summed E-state index contributed by atoms with van der Waals surface area (Å²) in [6.45, 7) is 0.978. The summed E-state index contributed by atoms with van der Waals surface area (Å²) < 4.78 is 0. The molecule has 17 heavy (non-hydrogen) atoms. The number of nitrogens with two attached hydrogens (primary N) is 1. The van der Waals surface area contributed by atoms with Gasteiger partial charge in [0, 0.05) is 17.6 Å². The third-order valence-corrected chi connectivity index (χ3v) is 3.20. The van der Waals surface area contributed by atoms with Crippen molar-refractivity contribution in [3.8, 4) is 0 Å². The number of rotatable bonds is 4. The molecule has 1 fully saturated rings. The van der Waals surface area contributed by atoms with Crippen molar-refractivity contribution in [1.29, 1.82) is 0 Å². The van der Waals surface area contributed by atoms with Crippen LogP contribution in [-0.4, -0.2) is 16.5 Å². The summed E-state index contributed by atoms with van der Waals surface area (Å²) in [5.41, 5.74) is 7.48. The zero-order valence-corrected chi connectivity index (χ0v) is 9.69. The second-order valence-corrected chi connectivity index (χ2v) is 4.66. The van der Waals surface area contributed by atoms with E-state index in [-0.39, 0.29) is 0 Å². The van der Waals surface area contributed by atoms with Crippen LogP contribution in [0.15, 0.2) is 24.5 Å². The first kappa shape index (κ1) is 10.3. The molecule has 0 amide bonds. The highest BCUT2D eigenvalue weighted by Gasteiger charge is 2.20. The van der Waals surface area contributed by atoms with E-state index in [0.29, 0.717) is 0 Å². The average Bonchev–Trinajstić information content (AvgIpc) is 3.14. The molecular formula is C13H16N4. The van der Waals surface area contributed by atoms with Gasteiger partial charge in [-0.1, -0.05) is 12.8 Å². The summed E-state index contributed by atoms with van der Waals surface area (Å²) in [4.78, 5) is 8.52. The first-order valence-electron chi connectivity index (χ1n) is 6.07. The number of aromatic nitrogens is 2. The van der Waals surface area contributed by atoms with E-state index in [1.165, 1.54) is 19.3 Å². The summed E-state index contributed by atoms with van der Waals surface area (Å²) in [5.74, 6) is 1.82. The van der Waals surface area contributed by atoms with Gasteiger partial charge in [0.15, 0.2) is 0 Å². The summed E-state index contributed by atoms with van der Waals surface area (Å²) in [7, 11) is 0. The summed E-state index contributed by atoms with van der Waals surface area (Å²) in [6, 6.07) is 5.72. The van der Waals surface area contributed by atoms with Crippen molar-refractivity contribution < 1.29 is 0 Å². The van der Waals surface area contributed by atoms with Crippen LogP contribution in [-0.2, 0) is 0 Å². The molecule has 1 aliphatic rings. The van der Waals surface area contributed by atoms with Crippen LogP contribution in [0.25, 0.3) is 10.9 Å². The van der Waals surface area contributed by atoms with Gasteiger partial charge in [0.25, 0.3) is 0 Å². The molecule has 4 heteroatoms. The number of nitrogens with zero attached hydrogens (tertiary/aromatic N) is 2. The molecule has 88 valence electrons. The van der Waals surface area contributed by atoms with Gasteiger partial charge in [0.2, 0.25) is 0 Å². The number of benzene rings is 1. The lowest BCUT2D eigenvalue weighted by atomic mass is 10.2. The van der Waals surface area contributed by atoms with Crippen LogP contribution < -0.4 is 11.1 Å². The van der Waals surface area contributed by atoms with E-state index in [1.807, 2.05) is 18.2 Å². The number of nitrogens with one attached hydrogen (secondary N) is 1. The minimum Gasteiger partial charge on any atom is -0.399 e. The lowest BCUT2D eigenvalue weighted by molar-refractivity contribution is 0.759. The molecule has 0 unspecified atom stereocenters. The fourth-order valence-electron chi connectivity index (χ4n) is 2.02. The zero-order chi connectivity index (χ0) is 11.7. The second kappa shape index (κ2) is 4.20. The molecule has 1 saturated carbocycles. The van der Waals surface area contributed by atoms with Crippen molar-refractivity contribution in [2.75, 3.05) is 17.6 Å². The van der Waals surface area contributed by atoms with E-state index in [9.17, 15) is 0 Å². The van der Waals surface area contributed by atoms with Crippen LogP contribution in [0.3, 0.4) is 0 Å². The van der Waals surface area contributed by atoms with Crippen molar-refractivity contribution >= 4 is 22.4 Å². The van der Waals surface area contributed by atoms with Gasteiger partial charge in [-0.05, 0) is 30.5 Å². The molecule has 0 radical (unpaired) electrons. The highest BCUT2D eigenvalue weighted by Crippen LogP contribution is 2.32. The zero-order valence-electron chi connectivity index (χ0n) is 9.69. The molecule has 3 N–H and O–H groups in total. The van der Waals surface area contributed by atoms with Gasteiger partial charge in [0.1, 0.15) is 12.1 Å². The molecule has 1 aromatic heterocycles. The van der Waals surface area contributed by atoms with E-state index >= 15 is 0 Å². The molecular weight excluding hydrogens is 212 g/mol. The highest BCUT2D eigenvalue weighted by molar-refractivity contribution is 5.91.